The standard InChI is InChI=1S/C31H45FN8O4/c1-31(2,3)44-30(43)34-24(19-32)20-7-9-22(10-8-20)29(42)40-18-15-25(39-16-5-4-6-17-39)26(40)28(41)33-23-13-11-21(12-14-23)27-35-37-38-36-27/h11-14,20,22,24-26H,4-10,15-19H2,1-3H3,(H,33,41)(H,34,43)(H,35,36,37,38)/t20?,22?,24-,25-,26+/m1/s1. The molecule has 0 spiro atoms. The lowest BCUT2D eigenvalue weighted by Crippen LogP contribution is -2.55. The highest BCUT2D eigenvalue weighted by Gasteiger charge is 2.46. The zero-order chi connectivity index (χ0) is 31.3. The van der Waals surface area contributed by atoms with Gasteiger partial charge in [0.05, 0.1) is 6.04 Å². The van der Waals surface area contributed by atoms with Crippen molar-refractivity contribution < 1.29 is 23.5 Å². The van der Waals surface area contributed by atoms with Crippen LogP contribution in [0.4, 0.5) is 14.9 Å². The van der Waals surface area contributed by atoms with Crippen molar-refractivity contribution in [1.82, 2.24) is 35.7 Å². The predicted octanol–water partition coefficient (Wildman–Crippen LogP) is 3.93. The van der Waals surface area contributed by atoms with Crippen LogP contribution in [0.5, 0.6) is 0 Å². The molecule has 0 unspecified atom stereocenters. The van der Waals surface area contributed by atoms with E-state index in [0.29, 0.717) is 43.7 Å². The summed E-state index contributed by atoms with van der Waals surface area (Å²) in [7, 11) is 0. The van der Waals surface area contributed by atoms with Crippen LogP contribution in [-0.2, 0) is 14.3 Å². The molecule has 3 heterocycles. The minimum Gasteiger partial charge on any atom is -0.444 e. The first kappa shape index (κ1) is 31.8. The van der Waals surface area contributed by atoms with E-state index in [0.717, 1.165) is 37.9 Å². The van der Waals surface area contributed by atoms with E-state index in [1.807, 2.05) is 12.1 Å². The number of aromatic amines is 1. The third-order valence-electron chi connectivity index (χ3n) is 9.09. The first-order valence-corrected chi connectivity index (χ1v) is 15.9. The molecule has 0 bridgehead atoms. The lowest BCUT2D eigenvalue weighted by atomic mass is 9.78. The molecule has 12 nitrogen and oxygen atoms in total. The average Bonchev–Trinajstić information content (AvgIpc) is 3.71. The van der Waals surface area contributed by atoms with Gasteiger partial charge in [0.15, 0.2) is 0 Å². The second kappa shape index (κ2) is 14.0. The molecule has 3 amide bonds. The lowest BCUT2D eigenvalue weighted by molar-refractivity contribution is -0.142. The number of carbonyl (C=O) groups excluding carboxylic acids is 3. The molecular weight excluding hydrogens is 567 g/mol. The Hall–Kier alpha value is -3.61. The van der Waals surface area contributed by atoms with Crippen molar-refractivity contribution in [3.8, 4) is 11.4 Å². The van der Waals surface area contributed by atoms with E-state index in [-0.39, 0.29) is 29.7 Å². The van der Waals surface area contributed by atoms with E-state index < -0.39 is 30.5 Å². The summed E-state index contributed by atoms with van der Waals surface area (Å²) in [5, 5.41) is 19.8. The monoisotopic (exact) mass is 612 g/mol. The molecule has 44 heavy (non-hydrogen) atoms. The molecule has 240 valence electrons. The minimum atomic E-state index is -0.690. The van der Waals surface area contributed by atoms with Crippen molar-refractivity contribution in [2.45, 2.75) is 95.9 Å². The molecule has 2 aliphatic heterocycles. The first-order valence-electron chi connectivity index (χ1n) is 15.9. The fourth-order valence-electron chi connectivity index (χ4n) is 6.92. The highest BCUT2D eigenvalue weighted by atomic mass is 19.1. The van der Waals surface area contributed by atoms with Gasteiger partial charge in [-0.25, -0.2) is 9.18 Å². The second-order valence-electron chi connectivity index (χ2n) is 13.2. The number of amides is 3. The summed E-state index contributed by atoms with van der Waals surface area (Å²) in [6.45, 7) is 7.00. The molecule has 0 radical (unpaired) electrons. The summed E-state index contributed by atoms with van der Waals surface area (Å²) in [6.07, 6.45) is 5.90. The van der Waals surface area contributed by atoms with Gasteiger partial charge in [-0.1, -0.05) is 6.42 Å². The number of H-pyrrole nitrogens is 1. The van der Waals surface area contributed by atoms with E-state index in [2.05, 4.69) is 36.2 Å². The molecule has 1 aromatic carbocycles. The van der Waals surface area contributed by atoms with Gasteiger partial charge in [0.2, 0.25) is 17.6 Å². The van der Waals surface area contributed by atoms with Gasteiger partial charge in [-0.15, -0.1) is 10.2 Å². The zero-order valence-electron chi connectivity index (χ0n) is 25.9. The Bertz CT molecular complexity index is 1250. The van der Waals surface area contributed by atoms with E-state index in [1.54, 1.807) is 37.8 Å². The molecule has 13 heteroatoms. The number of tetrazole rings is 1. The summed E-state index contributed by atoms with van der Waals surface area (Å²) in [6, 6.07) is 5.96. The molecule has 1 saturated carbocycles. The number of anilines is 1. The summed E-state index contributed by atoms with van der Waals surface area (Å²) in [5.74, 6) is -0.0452. The molecule has 3 N–H and O–H groups in total. The van der Waals surface area contributed by atoms with E-state index in [9.17, 15) is 18.8 Å². The van der Waals surface area contributed by atoms with Gasteiger partial charge < -0.3 is 20.3 Å². The zero-order valence-corrected chi connectivity index (χ0v) is 25.9. The van der Waals surface area contributed by atoms with Crippen LogP contribution >= 0.6 is 0 Å². The average molecular weight is 613 g/mol. The molecule has 2 saturated heterocycles. The van der Waals surface area contributed by atoms with Gasteiger partial charge in [-0.3, -0.25) is 14.5 Å². The number of halogens is 1. The maximum atomic E-state index is 14.0. The molecule has 3 fully saturated rings. The van der Waals surface area contributed by atoms with Crippen LogP contribution in [0.3, 0.4) is 0 Å². The van der Waals surface area contributed by atoms with Crippen LogP contribution in [-0.4, -0.2) is 98.4 Å². The van der Waals surface area contributed by atoms with Crippen molar-refractivity contribution in [1.29, 1.82) is 0 Å². The van der Waals surface area contributed by atoms with Crippen molar-refractivity contribution >= 4 is 23.6 Å². The number of alkyl halides is 1. The largest absolute Gasteiger partial charge is 0.444 e. The highest BCUT2D eigenvalue weighted by molar-refractivity contribution is 5.98. The van der Waals surface area contributed by atoms with E-state index >= 15 is 0 Å². The SMILES string of the molecule is CC(C)(C)OC(=O)N[C@H](CF)C1CCC(C(=O)N2CC[C@@H](N3CCCCC3)[C@H]2C(=O)Nc2ccc(-c3nn[nH]n3)cc2)CC1. The summed E-state index contributed by atoms with van der Waals surface area (Å²) < 4.78 is 19.3. The fourth-order valence-corrected chi connectivity index (χ4v) is 6.92. The highest BCUT2D eigenvalue weighted by Crippen LogP contribution is 2.35. The van der Waals surface area contributed by atoms with Gasteiger partial charge in [0.25, 0.3) is 0 Å². The Morgan fingerprint density at radius 3 is 2.34 bits per heavy atom. The number of carbonyl (C=O) groups is 3. The molecule has 1 aliphatic carbocycles. The number of hydrogen-bond acceptors (Lipinski definition) is 8. The topological polar surface area (TPSA) is 145 Å². The first-order chi connectivity index (χ1) is 21.1. The van der Waals surface area contributed by atoms with Gasteiger partial charge in [0.1, 0.15) is 18.3 Å². The Kier molecular flexibility index (Phi) is 10.1. The number of ether oxygens (including phenoxy) is 1. The lowest BCUT2D eigenvalue weighted by Gasteiger charge is -2.38. The molecule has 1 aromatic heterocycles. The van der Waals surface area contributed by atoms with Crippen molar-refractivity contribution in [3.63, 3.8) is 0 Å². The van der Waals surface area contributed by atoms with Crippen LogP contribution in [0.1, 0.15) is 72.1 Å². The third-order valence-corrected chi connectivity index (χ3v) is 9.09. The number of likely N-dealkylation sites (tertiary alicyclic amines) is 2. The van der Waals surface area contributed by atoms with E-state index in [4.69, 9.17) is 4.74 Å². The van der Waals surface area contributed by atoms with Crippen LogP contribution in [0, 0.1) is 11.8 Å². The second-order valence-corrected chi connectivity index (χ2v) is 13.2. The number of hydrogen-bond donors (Lipinski definition) is 3. The number of aromatic nitrogens is 4. The minimum absolute atomic E-state index is 0.00698. The van der Waals surface area contributed by atoms with Gasteiger partial charge in [0, 0.05) is 29.8 Å². The number of benzene rings is 1. The molecule has 2 aromatic rings. The Balaban J connectivity index is 1.24. The third kappa shape index (κ3) is 7.72. The number of nitrogens with one attached hydrogen (secondary N) is 3. The van der Waals surface area contributed by atoms with Crippen molar-refractivity contribution in [2.24, 2.45) is 11.8 Å². The van der Waals surface area contributed by atoms with Gasteiger partial charge in [-0.05, 0) is 114 Å². The summed E-state index contributed by atoms with van der Waals surface area (Å²) in [4.78, 5) is 44.3. The molecule has 5 rings (SSSR count). The maximum Gasteiger partial charge on any atom is 0.407 e. The number of nitrogens with zero attached hydrogens (tertiary/aromatic N) is 5. The Labute approximate surface area is 257 Å². The van der Waals surface area contributed by atoms with Crippen LogP contribution in [0.2, 0.25) is 0 Å². The quantitative estimate of drug-likeness (QED) is 0.407. The number of rotatable bonds is 8. The van der Waals surface area contributed by atoms with E-state index in [1.165, 1.54) is 6.42 Å². The normalized spacial score (nSPS) is 25.3. The van der Waals surface area contributed by atoms with Crippen LogP contribution in [0.15, 0.2) is 24.3 Å². The van der Waals surface area contributed by atoms with Crippen LogP contribution < -0.4 is 10.6 Å². The van der Waals surface area contributed by atoms with Gasteiger partial charge >= 0.3 is 6.09 Å². The Morgan fingerprint density at radius 1 is 1.02 bits per heavy atom. The van der Waals surface area contributed by atoms with Crippen LogP contribution in [0.25, 0.3) is 11.4 Å². The molecular formula is C31H45FN8O4. The number of alkyl carbamates (subject to hydrolysis) is 1. The van der Waals surface area contributed by atoms with Gasteiger partial charge in [-0.2, -0.15) is 5.21 Å². The Morgan fingerprint density at radius 2 is 1.73 bits per heavy atom. The predicted molar refractivity (Wildman–Crippen MR) is 162 cm³/mol. The summed E-state index contributed by atoms with van der Waals surface area (Å²) >= 11 is 0. The van der Waals surface area contributed by atoms with Crippen molar-refractivity contribution in [3.05, 3.63) is 24.3 Å². The van der Waals surface area contributed by atoms with Crippen molar-refractivity contribution in [2.75, 3.05) is 31.6 Å². The molecule has 3 aliphatic rings. The molecule has 3 atom stereocenters. The maximum absolute atomic E-state index is 14.0. The fraction of sp³-hybridized carbons (Fsp3) is 0.677. The smallest absolute Gasteiger partial charge is 0.407 e. The summed E-state index contributed by atoms with van der Waals surface area (Å²) in [5.41, 5.74) is 0.736. The number of piperidine rings is 1.